The number of hydrogen-bond acceptors (Lipinski definition) is 3. The molecule has 0 saturated heterocycles. The highest BCUT2D eigenvalue weighted by Gasteiger charge is 2.14. The minimum Gasteiger partial charge on any atom is -0.326 e. The van der Waals surface area contributed by atoms with Crippen LogP contribution in [0.1, 0.15) is 25.0 Å². The number of sulfone groups is 1. The standard InChI is InChI=1S/C12H19NO2S/c1-10(2)8-16(14,15)9-12-5-3-4-11(6-12)7-13/h3-6,10H,7-9,13H2,1-2H3. The summed E-state index contributed by atoms with van der Waals surface area (Å²) in [5.74, 6) is 0.515. The van der Waals surface area contributed by atoms with Gasteiger partial charge in [-0.1, -0.05) is 38.1 Å². The van der Waals surface area contributed by atoms with Crippen molar-refractivity contribution in [3.8, 4) is 0 Å². The van der Waals surface area contributed by atoms with E-state index in [1.165, 1.54) is 0 Å². The van der Waals surface area contributed by atoms with Crippen LogP contribution in [-0.4, -0.2) is 14.2 Å². The Morgan fingerprint density at radius 2 is 1.88 bits per heavy atom. The molecule has 0 fully saturated rings. The molecule has 1 aromatic carbocycles. The van der Waals surface area contributed by atoms with Crippen molar-refractivity contribution in [2.45, 2.75) is 26.1 Å². The van der Waals surface area contributed by atoms with Crippen molar-refractivity contribution in [2.75, 3.05) is 5.75 Å². The molecular formula is C12H19NO2S. The van der Waals surface area contributed by atoms with E-state index in [1.54, 1.807) is 0 Å². The second-order valence-corrected chi connectivity index (χ2v) is 6.58. The molecule has 4 heteroatoms. The Morgan fingerprint density at radius 3 is 2.44 bits per heavy atom. The average Bonchev–Trinajstić information content (AvgIpc) is 2.15. The van der Waals surface area contributed by atoms with Crippen LogP contribution in [0.5, 0.6) is 0 Å². The molecule has 0 aliphatic carbocycles. The largest absolute Gasteiger partial charge is 0.326 e. The van der Waals surface area contributed by atoms with Crippen LogP contribution in [0.2, 0.25) is 0 Å². The first kappa shape index (κ1) is 13.2. The molecule has 16 heavy (non-hydrogen) atoms. The highest BCUT2D eigenvalue weighted by atomic mass is 32.2. The summed E-state index contributed by atoms with van der Waals surface area (Å²) >= 11 is 0. The van der Waals surface area contributed by atoms with E-state index in [0.29, 0.717) is 6.54 Å². The SMILES string of the molecule is CC(C)CS(=O)(=O)Cc1cccc(CN)c1. The molecule has 0 spiro atoms. The third kappa shape index (κ3) is 4.33. The van der Waals surface area contributed by atoms with Gasteiger partial charge in [-0.2, -0.15) is 0 Å². The first-order valence-corrected chi connectivity index (χ1v) is 7.23. The van der Waals surface area contributed by atoms with Crippen molar-refractivity contribution in [3.05, 3.63) is 35.4 Å². The van der Waals surface area contributed by atoms with Gasteiger partial charge in [0.1, 0.15) is 0 Å². The zero-order valence-electron chi connectivity index (χ0n) is 9.81. The normalized spacial score (nSPS) is 12.0. The van der Waals surface area contributed by atoms with Gasteiger partial charge >= 0.3 is 0 Å². The van der Waals surface area contributed by atoms with Crippen molar-refractivity contribution in [2.24, 2.45) is 11.7 Å². The Hall–Kier alpha value is -0.870. The van der Waals surface area contributed by atoms with E-state index in [0.717, 1.165) is 11.1 Å². The first-order valence-electron chi connectivity index (χ1n) is 5.41. The van der Waals surface area contributed by atoms with Crippen molar-refractivity contribution < 1.29 is 8.42 Å². The van der Waals surface area contributed by atoms with E-state index in [1.807, 2.05) is 38.1 Å². The lowest BCUT2D eigenvalue weighted by Gasteiger charge is -2.07. The summed E-state index contributed by atoms with van der Waals surface area (Å²) in [7, 11) is -3.00. The molecule has 0 aliphatic rings. The zero-order chi connectivity index (χ0) is 12.2. The van der Waals surface area contributed by atoms with E-state index in [2.05, 4.69) is 0 Å². The molecule has 0 radical (unpaired) electrons. The van der Waals surface area contributed by atoms with E-state index in [4.69, 9.17) is 5.73 Å². The van der Waals surface area contributed by atoms with Gasteiger partial charge in [0, 0.05) is 6.54 Å². The van der Waals surface area contributed by atoms with Gasteiger partial charge in [-0.25, -0.2) is 8.42 Å². The third-order valence-corrected chi connectivity index (χ3v) is 4.15. The maximum atomic E-state index is 11.8. The summed E-state index contributed by atoms with van der Waals surface area (Å²) in [5, 5.41) is 0. The molecule has 1 rings (SSSR count). The van der Waals surface area contributed by atoms with Gasteiger partial charge in [-0.15, -0.1) is 0 Å². The summed E-state index contributed by atoms with van der Waals surface area (Å²) in [4.78, 5) is 0. The van der Waals surface area contributed by atoms with Gasteiger partial charge in [0.05, 0.1) is 11.5 Å². The van der Waals surface area contributed by atoms with Gasteiger partial charge in [0.2, 0.25) is 0 Å². The van der Waals surface area contributed by atoms with Crippen molar-refractivity contribution in [1.29, 1.82) is 0 Å². The molecule has 3 nitrogen and oxygen atoms in total. The van der Waals surface area contributed by atoms with Crippen molar-refractivity contribution >= 4 is 9.84 Å². The number of hydrogen-bond donors (Lipinski definition) is 1. The third-order valence-electron chi connectivity index (χ3n) is 2.20. The summed E-state index contributed by atoms with van der Waals surface area (Å²) in [6, 6.07) is 7.44. The molecule has 2 N–H and O–H groups in total. The summed E-state index contributed by atoms with van der Waals surface area (Å²) < 4.78 is 23.6. The number of rotatable bonds is 5. The van der Waals surface area contributed by atoms with Crippen molar-refractivity contribution in [1.82, 2.24) is 0 Å². The molecule has 0 atom stereocenters. The molecular weight excluding hydrogens is 222 g/mol. The van der Waals surface area contributed by atoms with Crippen LogP contribution in [0.3, 0.4) is 0 Å². The Morgan fingerprint density at radius 1 is 1.25 bits per heavy atom. The fourth-order valence-electron chi connectivity index (χ4n) is 1.67. The Bertz CT molecular complexity index is 438. The molecule has 0 aromatic heterocycles. The maximum absolute atomic E-state index is 11.8. The molecule has 0 bridgehead atoms. The Balaban J connectivity index is 2.80. The predicted molar refractivity (Wildman–Crippen MR) is 66.7 cm³/mol. The van der Waals surface area contributed by atoms with Crippen LogP contribution in [-0.2, 0) is 22.1 Å². The van der Waals surface area contributed by atoms with Crippen LogP contribution in [0.4, 0.5) is 0 Å². The van der Waals surface area contributed by atoms with Crippen LogP contribution < -0.4 is 5.73 Å². The Kier molecular flexibility index (Phi) is 4.50. The number of benzene rings is 1. The van der Waals surface area contributed by atoms with Crippen LogP contribution >= 0.6 is 0 Å². The van der Waals surface area contributed by atoms with Gasteiger partial charge in [-0.3, -0.25) is 0 Å². The van der Waals surface area contributed by atoms with Crippen LogP contribution in [0, 0.1) is 5.92 Å². The van der Waals surface area contributed by atoms with Gasteiger partial charge < -0.3 is 5.73 Å². The molecule has 90 valence electrons. The molecule has 0 heterocycles. The zero-order valence-corrected chi connectivity index (χ0v) is 10.6. The second-order valence-electron chi connectivity index (χ2n) is 4.47. The van der Waals surface area contributed by atoms with Gasteiger partial charge in [0.25, 0.3) is 0 Å². The lowest BCUT2D eigenvalue weighted by molar-refractivity contribution is 0.581. The second kappa shape index (κ2) is 5.46. The molecule has 0 amide bonds. The van der Waals surface area contributed by atoms with E-state index >= 15 is 0 Å². The van der Waals surface area contributed by atoms with E-state index in [9.17, 15) is 8.42 Å². The fraction of sp³-hybridized carbons (Fsp3) is 0.500. The Labute approximate surface area is 97.6 Å². The van der Waals surface area contributed by atoms with E-state index in [-0.39, 0.29) is 17.4 Å². The highest BCUT2D eigenvalue weighted by molar-refractivity contribution is 7.90. The van der Waals surface area contributed by atoms with Gasteiger partial charge in [-0.05, 0) is 17.0 Å². The quantitative estimate of drug-likeness (QED) is 0.853. The molecule has 0 unspecified atom stereocenters. The minimum absolute atomic E-state index is 0.110. The average molecular weight is 241 g/mol. The van der Waals surface area contributed by atoms with Crippen LogP contribution in [0.15, 0.2) is 24.3 Å². The monoisotopic (exact) mass is 241 g/mol. The molecule has 1 aromatic rings. The maximum Gasteiger partial charge on any atom is 0.154 e. The highest BCUT2D eigenvalue weighted by Crippen LogP contribution is 2.11. The van der Waals surface area contributed by atoms with E-state index < -0.39 is 9.84 Å². The fourth-order valence-corrected chi connectivity index (χ4v) is 3.49. The topological polar surface area (TPSA) is 60.2 Å². The predicted octanol–water partition coefficient (Wildman–Crippen LogP) is 1.72. The lowest BCUT2D eigenvalue weighted by Crippen LogP contribution is -2.14. The molecule has 0 aliphatic heterocycles. The van der Waals surface area contributed by atoms with Gasteiger partial charge in [0.15, 0.2) is 9.84 Å². The van der Waals surface area contributed by atoms with Crippen molar-refractivity contribution in [3.63, 3.8) is 0 Å². The molecule has 0 saturated carbocycles. The smallest absolute Gasteiger partial charge is 0.154 e. The summed E-state index contributed by atoms with van der Waals surface area (Å²) in [6.45, 7) is 4.26. The summed E-state index contributed by atoms with van der Waals surface area (Å²) in [5.41, 5.74) is 7.31. The van der Waals surface area contributed by atoms with Crippen LogP contribution in [0.25, 0.3) is 0 Å². The number of nitrogens with two attached hydrogens (primary N) is 1. The lowest BCUT2D eigenvalue weighted by atomic mass is 10.1. The minimum atomic E-state index is -3.00. The summed E-state index contributed by atoms with van der Waals surface area (Å²) in [6.07, 6.45) is 0. The first-order chi connectivity index (χ1) is 7.43.